The highest BCUT2D eigenvalue weighted by molar-refractivity contribution is 8.47. The molecule has 4 heterocycles. The molecule has 0 saturated heterocycles. The summed E-state index contributed by atoms with van der Waals surface area (Å²) >= 11 is 16.1. The van der Waals surface area contributed by atoms with Crippen molar-refractivity contribution < 1.29 is 0 Å². The van der Waals surface area contributed by atoms with Gasteiger partial charge in [0.25, 0.3) is 0 Å². The Balaban J connectivity index is 1.42. The molecule has 6 aromatic carbocycles. The molecule has 0 bridgehead atoms. The molecule has 0 spiro atoms. The van der Waals surface area contributed by atoms with Crippen molar-refractivity contribution in [2.75, 3.05) is 23.0 Å². The zero-order valence-corrected chi connectivity index (χ0v) is 30.9. The Morgan fingerprint density at radius 3 is 0.717 bits per heavy atom. The van der Waals surface area contributed by atoms with Gasteiger partial charge in [-0.05, 0) is 53.5 Å². The van der Waals surface area contributed by atoms with Crippen LogP contribution in [-0.2, 0) is 0 Å². The predicted octanol–water partition coefficient (Wildman–Crippen LogP) is 11.9. The molecule has 0 aliphatic carbocycles. The summed E-state index contributed by atoms with van der Waals surface area (Å²) in [7, 11) is 0. The van der Waals surface area contributed by atoms with Crippen molar-refractivity contribution in [3.05, 3.63) is 135 Å². The summed E-state index contributed by atoms with van der Waals surface area (Å²) < 4.78 is 8.83. The van der Waals surface area contributed by atoms with Crippen molar-refractivity contribution in [1.29, 1.82) is 0 Å². The van der Waals surface area contributed by atoms with Crippen LogP contribution in [-0.4, -0.2) is 23.0 Å². The van der Waals surface area contributed by atoms with Crippen molar-refractivity contribution in [3.63, 3.8) is 0 Å². The van der Waals surface area contributed by atoms with E-state index in [4.69, 9.17) is 0 Å². The molecule has 46 heavy (non-hydrogen) atoms. The fourth-order valence-corrected chi connectivity index (χ4v) is 19.0. The van der Waals surface area contributed by atoms with E-state index >= 15 is 0 Å². The van der Waals surface area contributed by atoms with Crippen LogP contribution in [0.1, 0.15) is 0 Å². The molecule has 0 amide bonds. The predicted molar refractivity (Wildman–Crippen MR) is 221 cm³/mol. The second-order valence-electron chi connectivity index (χ2n) is 11.2. The lowest BCUT2D eigenvalue weighted by Gasteiger charge is -2.13. The fraction of sp³-hybridized carbons (Fsp3) is 0.105. The van der Waals surface area contributed by atoms with E-state index in [0.29, 0.717) is 0 Å². The van der Waals surface area contributed by atoms with E-state index in [0.717, 1.165) is 0 Å². The Kier molecular flexibility index (Phi) is 7.68. The number of benzene rings is 6. The first-order chi connectivity index (χ1) is 22.8. The van der Waals surface area contributed by atoms with Crippen molar-refractivity contribution in [2.45, 2.75) is 0 Å². The summed E-state index contributed by atoms with van der Waals surface area (Å²) in [5, 5.41) is 16.2. The largest absolute Gasteiger partial charge is 0.116 e. The molecule has 0 saturated carbocycles. The van der Waals surface area contributed by atoms with Crippen molar-refractivity contribution >= 4 is 146 Å². The maximum absolute atomic E-state index is 2.36. The van der Waals surface area contributed by atoms with E-state index in [1.165, 1.54) is 112 Å². The average molecular weight is 737 g/mol. The number of fused-ring (bicyclic) bond motifs is 4. The molecule has 4 aliphatic heterocycles. The van der Waals surface area contributed by atoms with Crippen LogP contribution in [0.3, 0.4) is 0 Å². The topological polar surface area (TPSA) is 0 Å². The molecular formula is C38H24S8. The van der Waals surface area contributed by atoms with E-state index in [2.05, 4.69) is 97.1 Å². The molecule has 0 aromatic heterocycles. The molecule has 0 nitrogen and oxygen atoms in total. The number of hydrogen-bond donors (Lipinski definition) is 0. The highest BCUT2D eigenvalue weighted by Gasteiger charge is 2.28. The van der Waals surface area contributed by atoms with Gasteiger partial charge in [-0.25, -0.2) is 0 Å². The standard InChI is InChI=1S/C38H24S8/c1-5-13-25-21(9-1)29(22-10-2-6-14-26(22)31(25)33-43-35-36(44-33)40-18-17-39-35)30-23-11-3-7-15-27(23)32(28-16-8-4-12-24(28)30)34-45-37-38(46-34)42-20-19-41-37/h1-16H,17-20H2. The minimum absolute atomic E-state index is 1.20. The smallest absolute Gasteiger partial charge is 0.0660 e. The zero-order chi connectivity index (χ0) is 30.2. The van der Waals surface area contributed by atoms with Crippen LogP contribution in [0.2, 0.25) is 0 Å². The molecule has 0 atom stereocenters. The number of thioether (sulfide) groups is 8. The normalized spacial score (nSPS) is 18.4. The summed E-state index contributed by atoms with van der Waals surface area (Å²) in [6, 6.07) is 36.7. The Hall–Kier alpha value is -1.62. The van der Waals surface area contributed by atoms with Gasteiger partial charge in [0.1, 0.15) is 0 Å². The molecule has 6 aromatic rings. The van der Waals surface area contributed by atoms with Crippen molar-refractivity contribution in [3.8, 4) is 0 Å². The van der Waals surface area contributed by atoms with Gasteiger partial charge >= 0.3 is 0 Å². The first kappa shape index (κ1) is 29.3. The van der Waals surface area contributed by atoms with Crippen LogP contribution in [0.5, 0.6) is 0 Å². The third-order valence-corrected chi connectivity index (χ3v) is 20.3. The monoisotopic (exact) mass is 736 g/mol. The molecule has 0 N–H and O–H groups in total. The summed E-state index contributed by atoms with van der Waals surface area (Å²) in [6.07, 6.45) is 0. The molecule has 8 heteroatoms. The Bertz CT molecular complexity index is 2260. The van der Waals surface area contributed by atoms with Crippen LogP contribution in [0.25, 0.3) is 51.6 Å². The summed E-state index contributed by atoms with van der Waals surface area (Å²) in [6.45, 7) is 0. The van der Waals surface area contributed by atoms with Gasteiger partial charge < -0.3 is 0 Å². The Labute approximate surface area is 300 Å². The molecule has 224 valence electrons. The van der Waals surface area contributed by atoms with Gasteiger partial charge in [-0.2, -0.15) is 0 Å². The van der Waals surface area contributed by atoms with Crippen LogP contribution < -0.4 is 10.4 Å². The molecule has 4 aliphatic rings. The molecular weight excluding hydrogens is 713 g/mol. The summed E-state index contributed by atoms with van der Waals surface area (Å²) in [5.74, 6) is 4.81. The minimum Gasteiger partial charge on any atom is -0.116 e. The van der Waals surface area contributed by atoms with Gasteiger partial charge in [-0.15, -0.1) is 47.0 Å². The SMILES string of the molecule is c1ccc2c(=c3c4ccccc4c(=C4SC5=C(SCCS5)S4)c4ccccc34)c3ccccc3c(=C3SC4=C(SCCS4)S3)c2c1. The van der Waals surface area contributed by atoms with E-state index in [-0.39, 0.29) is 0 Å². The second-order valence-corrected chi connectivity index (χ2v) is 21.3. The van der Waals surface area contributed by atoms with Crippen LogP contribution in [0.15, 0.2) is 114 Å². The van der Waals surface area contributed by atoms with Gasteiger partial charge in [0, 0.05) is 33.4 Å². The molecule has 0 radical (unpaired) electrons. The van der Waals surface area contributed by atoms with Gasteiger partial charge in [0.15, 0.2) is 0 Å². The maximum Gasteiger partial charge on any atom is 0.0660 e. The highest BCUT2D eigenvalue weighted by atomic mass is 32.3. The zero-order valence-electron chi connectivity index (χ0n) is 24.3. The molecule has 0 unspecified atom stereocenters. The van der Waals surface area contributed by atoms with Crippen LogP contribution in [0.4, 0.5) is 0 Å². The summed E-state index contributed by atoms with van der Waals surface area (Å²) in [5.41, 5.74) is 0. The third-order valence-electron chi connectivity index (χ3n) is 8.70. The van der Waals surface area contributed by atoms with Gasteiger partial charge in [0.05, 0.1) is 25.4 Å². The first-order valence-electron chi connectivity index (χ1n) is 15.2. The quantitative estimate of drug-likeness (QED) is 0.140. The highest BCUT2D eigenvalue weighted by Crippen LogP contribution is 2.61. The first-order valence-corrected chi connectivity index (χ1v) is 22.4. The number of hydrogen-bond acceptors (Lipinski definition) is 8. The lowest BCUT2D eigenvalue weighted by Crippen LogP contribution is -2.09. The van der Waals surface area contributed by atoms with E-state index in [9.17, 15) is 0 Å². The van der Waals surface area contributed by atoms with Crippen LogP contribution in [0, 0.1) is 10.4 Å². The second kappa shape index (κ2) is 12.1. The van der Waals surface area contributed by atoms with Crippen molar-refractivity contribution in [2.24, 2.45) is 0 Å². The lowest BCUT2D eigenvalue weighted by molar-refractivity contribution is 1.56. The third kappa shape index (κ3) is 4.69. The van der Waals surface area contributed by atoms with Gasteiger partial charge in [-0.1, -0.05) is 144 Å². The van der Waals surface area contributed by atoms with Crippen molar-refractivity contribution in [1.82, 2.24) is 0 Å². The Morgan fingerprint density at radius 2 is 0.478 bits per heavy atom. The van der Waals surface area contributed by atoms with E-state index < -0.39 is 0 Å². The van der Waals surface area contributed by atoms with E-state index in [1.54, 1.807) is 0 Å². The molecule has 10 rings (SSSR count). The Morgan fingerprint density at radius 1 is 0.261 bits per heavy atom. The molecule has 0 fully saturated rings. The summed E-state index contributed by atoms with van der Waals surface area (Å²) in [4.78, 5) is 0. The average Bonchev–Trinajstić information content (AvgIpc) is 3.74. The maximum atomic E-state index is 2.36. The van der Waals surface area contributed by atoms with Gasteiger partial charge in [0.2, 0.25) is 0 Å². The van der Waals surface area contributed by atoms with E-state index in [1.807, 2.05) is 94.1 Å². The number of rotatable bonds is 0. The minimum atomic E-state index is 1.20. The van der Waals surface area contributed by atoms with Gasteiger partial charge in [-0.3, -0.25) is 0 Å². The lowest BCUT2D eigenvalue weighted by atomic mass is 9.92. The van der Waals surface area contributed by atoms with Crippen LogP contribution >= 0.6 is 94.1 Å². The fourth-order valence-electron chi connectivity index (χ4n) is 6.88.